The average molecular weight is 603 g/mol. The fraction of sp³-hybridized carbons (Fsp3) is 0.261. The number of benzene rings is 2. The number of carboxylic acids is 1. The van der Waals surface area contributed by atoms with E-state index < -0.39 is 52.3 Å². The first kappa shape index (κ1) is 26.7. The Labute approximate surface area is 217 Å². The molecule has 2 heterocycles. The Kier molecular flexibility index (Phi) is 7.53. The first-order valence-corrected chi connectivity index (χ1v) is 13.9. The van der Waals surface area contributed by atoms with Crippen molar-refractivity contribution in [2.24, 2.45) is 0 Å². The molecule has 0 radical (unpaired) electrons. The van der Waals surface area contributed by atoms with Crippen LogP contribution in [0.25, 0.3) is 21.6 Å². The number of hydrogen-bond acceptors (Lipinski definition) is 9. The third kappa shape index (κ3) is 5.32. The number of rotatable bonds is 6. The number of thiophene rings is 1. The van der Waals surface area contributed by atoms with E-state index in [2.05, 4.69) is 15.9 Å². The first-order chi connectivity index (χ1) is 16.9. The van der Waals surface area contributed by atoms with Crippen LogP contribution in [0.3, 0.4) is 0 Å². The summed E-state index contributed by atoms with van der Waals surface area (Å²) < 4.78 is 49.6. The molecule has 5 unspecified atom stereocenters. The third-order valence-electron chi connectivity index (χ3n) is 5.54. The molecule has 1 aliphatic heterocycles. The van der Waals surface area contributed by atoms with E-state index in [9.17, 15) is 38.0 Å². The molecule has 2 aromatic carbocycles. The van der Waals surface area contributed by atoms with Crippen molar-refractivity contribution in [2.45, 2.75) is 35.6 Å². The maximum absolute atomic E-state index is 13.5. The molecule has 1 fully saturated rings. The van der Waals surface area contributed by atoms with E-state index in [4.69, 9.17) is 9.47 Å². The molecule has 0 aliphatic carbocycles. The van der Waals surface area contributed by atoms with Gasteiger partial charge in [-0.25, -0.2) is 17.6 Å². The fourth-order valence-electron chi connectivity index (χ4n) is 3.70. The molecule has 4 N–H and O–H groups in total. The van der Waals surface area contributed by atoms with Crippen molar-refractivity contribution in [3.05, 3.63) is 58.1 Å². The van der Waals surface area contributed by atoms with Crippen LogP contribution in [0.1, 0.15) is 0 Å². The lowest BCUT2D eigenvalue weighted by Gasteiger charge is -2.38. The van der Waals surface area contributed by atoms with Crippen LogP contribution >= 0.6 is 27.3 Å². The van der Waals surface area contributed by atoms with E-state index in [0.29, 0.717) is 25.4 Å². The molecule has 0 amide bonds. The maximum Gasteiger partial charge on any atom is 0.335 e. The Morgan fingerprint density at radius 3 is 2.31 bits per heavy atom. The van der Waals surface area contributed by atoms with Crippen LogP contribution in [0.4, 0.5) is 4.39 Å². The summed E-state index contributed by atoms with van der Waals surface area (Å²) in [7, 11) is -3.70. The van der Waals surface area contributed by atoms with Crippen molar-refractivity contribution in [3.63, 3.8) is 0 Å². The molecule has 9 nitrogen and oxygen atoms in total. The van der Waals surface area contributed by atoms with E-state index in [1.54, 1.807) is 18.2 Å². The molecule has 4 rings (SSSR count). The van der Waals surface area contributed by atoms with Gasteiger partial charge < -0.3 is 29.9 Å². The molecular weight excluding hydrogens is 583 g/mol. The molecular formula is C23H20BrFO9S2. The van der Waals surface area contributed by atoms with Crippen molar-refractivity contribution in [3.8, 4) is 27.3 Å². The zero-order chi connectivity index (χ0) is 26.4. The Bertz CT molecular complexity index is 1390. The minimum absolute atomic E-state index is 0.0941. The van der Waals surface area contributed by atoms with Gasteiger partial charge in [0.05, 0.1) is 8.68 Å². The normalized spacial score (nSPS) is 24.4. The van der Waals surface area contributed by atoms with Crippen LogP contribution < -0.4 is 4.74 Å². The molecule has 13 heteroatoms. The Morgan fingerprint density at radius 2 is 1.69 bits per heavy atom. The number of aliphatic hydroxyl groups is 3. The Hall–Kier alpha value is -2.39. The highest BCUT2D eigenvalue weighted by molar-refractivity contribution is 9.11. The summed E-state index contributed by atoms with van der Waals surface area (Å²) in [5.74, 6) is -2.11. The predicted molar refractivity (Wildman–Crippen MR) is 131 cm³/mol. The van der Waals surface area contributed by atoms with Gasteiger partial charge in [0.2, 0.25) is 6.29 Å². The molecule has 36 heavy (non-hydrogen) atoms. The molecule has 1 aliphatic rings. The molecule has 5 atom stereocenters. The average Bonchev–Trinajstić information content (AvgIpc) is 3.20. The fourth-order valence-corrected chi connectivity index (χ4v) is 5.96. The number of aliphatic hydroxyl groups excluding tert-OH is 3. The van der Waals surface area contributed by atoms with Gasteiger partial charge in [0.1, 0.15) is 29.9 Å². The number of carbonyl (C=O) groups is 1. The molecule has 0 saturated carbocycles. The summed E-state index contributed by atoms with van der Waals surface area (Å²) in [4.78, 5) is 12.0. The van der Waals surface area contributed by atoms with Gasteiger partial charge in [-0.1, -0.05) is 12.1 Å². The lowest BCUT2D eigenvalue weighted by atomic mass is 9.98. The Balaban J connectivity index is 1.83. The van der Waals surface area contributed by atoms with E-state index in [-0.39, 0.29) is 10.6 Å². The van der Waals surface area contributed by atoms with Crippen molar-refractivity contribution < 1.29 is 47.5 Å². The number of ether oxygens (including phenoxy) is 2. The lowest BCUT2D eigenvalue weighted by molar-refractivity contribution is -0.271. The van der Waals surface area contributed by atoms with Crippen molar-refractivity contribution in [1.82, 2.24) is 0 Å². The van der Waals surface area contributed by atoms with Crippen LogP contribution in [0.5, 0.6) is 5.75 Å². The number of halogens is 2. The summed E-state index contributed by atoms with van der Waals surface area (Å²) in [6.45, 7) is 0. The summed E-state index contributed by atoms with van der Waals surface area (Å²) in [5.41, 5.74) is 1.58. The van der Waals surface area contributed by atoms with Gasteiger partial charge in [-0.3, -0.25) is 0 Å². The molecule has 192 valence electrons. The molecule has 3 aromatic rings. The minimum atomic E-state index is -3.70. The van der Waals surface area contributed by atoms with Crippen molar-refractivity contribution >= 4 is 43.1 Å². The second kappa shape index (κ2) is 10.2. The number of sulfone groups is 1. The number of carboxylic acid groups (broad SMARTS) is 1. The number of hydrogen-bond donors (Lipinski definition) is 4. The predicted octanol–water partition coefficient (Wildman–Crippen LogP) is 2.66. The zero-order valence-corrected chi connectivity index (χ0v) is 21.6. The standard InChI is InChI=1S/C23H20BrFO9S2/c1-36(31,32)12-6-7-13(14-9-16(24)35-21(14)10-2-4-11(25)5-3-10)15(8-12)33-23-19(28)17(26)18(27)20(34-23)22(29)30/h2-9,17-20,23,26-28H,1H3,(H,29,30). The van der Waals surface area contributed by atoms with Crippen molar-refractivity contribution in [1.29, 1.82) is 0 Å². The minimum Gasteiger partial charge on any atom is -0.479 e. The molecule has 1 saturated heterocycles. The van der Waals surface area contributed by atoms with Crippen LogP contribution in [0.15, 0.2) is 57.2 Å². The zero-order valence-electron chi connectivity index (χ0n) is 18.4. The topological polar surface area (TPSA) is 151 Å². The van der Waals surface area contributed by atoms with E-state index in [1.165, 1.54) is 41.7 Å². The quantitative estimate of drug-likeness (QED) is 0.334. The maximum atomic E-state index is 13.5. The third-order valence-corrected chi connectivity index (χ3v) is 8.33. The van der Waals surface area contributed by atoms with E-state index >= 15 is 0 Å². The monoisotopic (exact) mass is 602 g/mol. The van der Waals surface area contributed by atoms with Gasteiger partial charge in [-0.05, 0) is 57.9 Å². The van der Waals surface area contributed by atoms with E-state index in [1.807, 2.05) is 0 Å². The van der Waals surface area contributed by atoms with Gasteiger partial charge in [0.15, 0.2) is 15.9 Å². The van der Waals surface area contributed by atoms with E-state index in [0.717, 1.165) is 6.26 Å². The summed E-state index contributed by atoms with van der Waals surface area (Å²) >= 11 is 4.75. The Morgan fingerprint density at radius 1 is 1.03 bits per heavy atom. The second-order valence-corrected chi connectivity index (χ2v) is 12.5. The smallest absolute Gasteiger partial charge is 0.335 e. The summed E-state index contributed by atoms with van der Waals surface area (Å²) in [5, 5.41) is 39.8. The highest BCUT2D eigenvalue weighted by Crippen LogP contribution is 2.45. The molecule has 0 bridgehead atoms. The highest BCUT2D eigenvalue weighted by Gasteiger charge is 2.48. The molecule has 1 aromatic heterocycles. The lowest BCUT2D eigenvalue weighted by Crippen LogP contribution is -2.61. The number of aliphatic carboxylic acids is 1. The van der Waals surface area contributed by atoms with Gasteiger partial charge in [-0.15, -0.1) is 11.3 Å². The van der Waals surface area contributed by atoms with Gasteiger partial charge in [0.25, 0.3) is 0 Å². The molecule has 0 spiro atoms. The largest absolute Gasteiger partial charge is 0.479 e. The SMILES string of the molecule is CS(=O)(=O)c1ccc(-c2cc(Br)sc2-c2ccc(F)cc2)c(OC2OC(C(=O)O)C(O)C(O)C2O)c1. The van der Waals surface area contributed by atoms with Gasteiger partial charge in [-0.2, -0.15) is 0 Å². The summed E-state index contributed by atoms with van der Waals surface area (Å²) in [6.07, 6.45) is -8.34. The van der Waals surface area contributed by atoms with Crippen molar-refractivity contribution in [2.75, 3.05) is 6.26 Å². The van der Waals surface area contributed by atoms with Crippen LogP contribution in [-0.4, -0.2) is 71.8 Å². The van der Waals surface area contributed by atoms with Crippen LogP contribution in [0.2, 0.25) is 0 Å². The van der Waals surface area contributed by atoms with Gasteiger partial charge >= 0.3 is 5.97 Å². The summed E-state index contributed by atoms with van der Waals surface area (Å²) in [6, 6.07) is 11.5. The van der Waals surface area contributed by atoms with Gasteiger partial charge in [0, 0.05) is 22.3 Å². The first-order valence-electron chi connectivity index (χ1n) is 10.4. The van der Waals surface area contributed by atoms with Crippen LogP contribution in [-0.2, 0) is 19.4 Å². The second-order valence-electron chi connectivity index (χ2n) is 8.08. The highest BCUT2D eigenvalue weighted by atomic mass is 79.9. The van der Waals surface area contributed by atoms with Crippen LogP contribution in [0, 0.1) is 5.82 Å².